The minimum atomic E-state index is -0.582. The zero-order valence-electron chi connectivity index (χ0n) is 39.1. The molecule has 69 heavy (non-hydrogen) atoms. The van der Waals surface area contributed by atoms with E-state index in [-0.39, 0.29) is 22.5 Å². The molecule has 3 aromatic heterocycles. The van der Waals surface area contributed by atoms with Gasteiger partial charge in [0.1, 0.15) is 36.6 Å². The Hall–Kier alpha value is -7.11. The number of rotatable bonds is 18. The number of nitrogens with zero attached hydrogens (tertiary/aromatic N) is 10. The molecule has 5 heterocycles. The number of benzene rings is 3. The number of hydrogen-bond acceptors (Lipinski definition) is 18. The van der Waals surface area contributed by atoms with Crippen LogP contribution in [0.2, 0.25) is 5.28 Å². The molecule has 22 nitrogen and oxygen atoms in total. The van der Waals surface area contributed by atoms with E-state index in [1.54, 1.807) is 63.0 Å². The third-order valence-electron chi connectivity index (χ3n) is 11.1. The van der Waals surface area contributed by atoms with Crippen molar-refractivity contribution in [3.63, 3.8) is 0 Å². The molecule has 3 aromatic carbocycles. The smallest absolute Gasteiger partial charge is 0.329 e. The molecule has 368 valence electrons. The summed E-state index contributed by atoms with van der Waals surface area (Å²) in [5.41, 5.74) is 9.41. The van der Waals surface area contributed by atoms with Crippen LogP contribution in [-0.4, -0.2) is 130 Å². The van der Waals surface area contributed by atoms with Crippen LogP contribution in [0.15, 0.2) is 97.7 Å². The van der Waals surface area contributed by atoms with Gasteiger partial charge in [0.15, 0.2) is 0 Å². The SMILES string of the molecule is CN1CCC(n2cc(N)cn2)CC1.COCCOc1ccc(Nc2cc(Nc3cnn(C4CCN(C)CC4)c3)ccc2[N+](=O)[O-])cc1.COCCOc1ccc(Nc2nc(Cl)ncc2[N+](=O)[O-])cc1. The van der Waals surface area contributed by atoms with E-state index >= 15 is 0 Å². The number of anilines is 7. The zero-order valence-corrected chi connectivity index (χ0v) is 39.8. The van der Waals surface area contributed by atoms with E-state index < -0.39 is 9.85 Å². The van der Waals surface area contributed by atoms with Crippen molar-refractivity contribution >= 4 is 62.9 Å². The highest BCUT2D eigenvalue weighted by Crippen LogP contribution is 2.33. The Labute approximate surface area is 405 Å². The van der Waals surface area contributed by atoms with Crippen LogP contribution in [0.25, 0.3) is 0 Å². The highest BCUT2D eigenvalue weighted by Gasteiger charge is 2.21. The molecule has 0 radical (unpaired) electrons. The van der Waals surface area contributed by atoms with E-state index in [0.717, 1.165) is 68.0 Å². The molecule has 0 saturated carbocycles. The molecule has 2 aliphatic rings. The first kappa shape index (κ1) is 51.3. The van der Waals surface area contributed by atoms with E-state index in [0.29, 0.717) is 61.4 Å². The van der Waals surface area contributed by atoms with Crippen molar-refractivity contribution in [1.29, 1.82) is 0 Å². The zero-order chi connectivity index (χ0) is 49.1. The number of nitrogens with two attached hydrogens (primary N) is 1. The van der Waals surface area contributed by atoms with Crippen molar-refractivity contribution < 1.29 is 28.8 Å². The lowest BCUT2D eigenvalue weighted by Gasteiger charge is -2.28. The first-order chi connectivity index (χ1) is 33.4. The average molecular weight is 972 g/mol. The Morgan fingerprint density at radius 2 is 1.16 bits per heavy atom. The predicted octanol–water partition coefficient (Wildman–Crippen LogP) is 8.11. The molecular weight excluding hydrogens is 912 g/mol. The minimum Gasteiger partial charge on any atom is -0.491 e. The van der Waals surface area contributed by atoms with Crippen LogP contribution in [0.3, 0.4) is 0 Å². The fraction of sp³-hybridized carbons (Fsp3) is 0.391. The third-order valence-corrected chi connectivity index (χ3v) is 11.3. The topological polar surface area (TPSA) is 253 Å². The van der Waals surface area contributed by atoms with Crippen LogP contribution in [0, 0.1) is 20.2 Å². The van der Waals surface area contributed by atoms with Crippen LogP contribution in [0.5, 0.6) is 11.5 Å². The van der Waals surface area contributed by atoms with Crippen molar-refractivity contribution in [2.45, 2.75) is 37.8 Å². The van der Waals surface area contributed by atoms with Crippen molar-refractivity contribution in [1.82, 2.24) is 39.3 Å². The van der Waals surface area contributed by atoms with Gasteiger partial charge in [0.2, 0.25) is 11.1 Å². The summed E-state index contributed by atoms with van der Waals surface area (Å²) < 4.78 is 24.9. The summed E-state index contributed by atoms with van der Waals surface area (Å²) in [6, 6.07) is 20.0. The second kappa shape index (κ2) is 25.9. The summed E-state index contributed by atoms with van der Waals surface area (Å²) in [5.74, 6) is 1.39. The number of piperidine rings is 2. The minimum absolute atomic E-state index is 0.00649. The first-order valence-corrected chi connectivity index (χ1v) is 22.7. The van der Waals surface area contributed by atoms with Gasteiger partial charge < -0.3 is 50.4 Å². The molecule has 6 aromatic rings. The predicted molar refractivity (Wildman–Crippen MR) is 265 cm³/mol. The fourth-order valence-electron chi connectivity index (χ4n) is 7.34. The quantitative estimate of drug-likeness (QED) is 0.0275. The normalized spacial score (nSPS) is 14.4. The van der Waals surface area contributed by atoms with E-state index in [2.05, 4.69) is 60.0 Å². The van der Waals surface area contributed by atoms with Crippen LogP contribution < -0.4 is 31.2 Å². The fourth-order valence-corrected chi connectivity index (χ4v) is 7.47. The Morgan fingerprint density at radius 1 is 0.652 bits per heavy atom. The van der Waals surface area contributed by atoms with Gasteiger partial charge in [-0.25, -0.2) is 4.98 Å². The van der Waals surface area contributed by atoms with Gasteiger partial charge >= 0.3 is 5.69 Å². The number of hydrogen-bond donors (Lipinski definition) is 4. The van der Waals surface area contributed by atoms with E-state index in [9.17, 15) is 20.2 Å². The molecule has 0 unspecified atom stereocenters. The Bertz CT molecular complexity index is 2530. The molecule has 2 saturated heterocycles. The standard InChI is InChI=1S/C24H30N6O4.C13H13ClN4O4.C9H16N4/c1-28-11-9-21(10-12-28)29-17-20(16-25-29)26-19-5-8-24(30(31)32)23(15-19)27-18-3-6-22(7-4-18)34-14-13-33-2;1-21-6-7-22-10-4-2-9(3-5-10)16-12-11(18(19)20)8-15-13(14)17-12;1-12-4-2-9(3-5-12)13-7-8(10)6-11-13/h3-8,15-17,21,26-27H,9-14H2,1-2H3;2-5,8H,6-7H2,1H3,(H,15,16,17);6-7,9H,2-5,10H2,1H3. The summed E-state index contributed by atoms with van der Waals surface area (Å²) in [5, 5.41) is 40.5. The highest BCUT2D eigenvalue weighted by molar-refractivity contribution is 6.28. The third kappa shape index (κ3) is 16.0. The molecule has 0 amide bonds. The number of methoxy groups -OCH3 is 2. The van der Waals surface area contributed by atoms with Gasteiger partial charge in [-0.2, -0.15) is 15.2 Å². The maximum Gasteiger partial charge on any atom is 0.329 e. The molecule has 2 aliphatic heterocycles. The Morgan fingerprint density at radius 3 is 1.67 bits per heavy atom. The van der Waals surface area contributed by atoms with Crippen molar-refractivity contribution in [2.75, 3.05) is 103 Å². The number of ether oxygens (including phenoxy) is 4. The maximum absolute atomic E-state index is 11.6. The van der Waals surface area contributed by atoms with Gasteiger partial charge in [-0.1, -0.05) is 0 Å². The van der Waals surface area contributed by atoms with Gasteiger partial charge in [0.25, 0.3) is 5.69 Å². The van der Waals surface area contributed by atoms with Crippen LogP contribution in [0.4, 0.5) is 51.3 Å². The van der Waals surface area contributed by atoms with Crippen LogP contribution >= 0.6 is 11.6 Å². The molecule has 8 rings (SSSR count). The molecular formula is C46H59ClN14O8. The lowest BCUT2D eigenvalue weighted by molar-refractivity contribution is -0.384. The number of nitrogen functional groups attached to an aromatic ring is 1. The van der Waals surface area contributed by atoms with Gasteiger partial charge in [0.05, 0.1) is 58.9 Å². The van der Waals surface area contributed by atoms with E-state index in [1.807, 2.05) is 46.0 Å². The number of nitrogens with one attached hydrogen (secondary N) is 3. The van der Waals surface area contributed by atoms with Crippen molar-refractivity contribution in [3.8, 4) is 11.5 Å². The number of nitro groups is 2. The number of likely N-dealkylation sites (tertiary alicyclic amines) is 2. The second-order valence-corrected chi connectivity index (χ2v) is 16.6. The number of aromatic nitrogens is 6. The largest absolute Gasteiger partial charge is 0.491 e. The average Bonchev–Trinajstić information content (AvgIpc) is 4.00. The summed E-state index contributed by atoms with van der Waals surface area (Å²) in [7, 11) is 7.51. The highest BCUT2D eigenvalue weighted by atomic mass is 35.5. The molecule has 0 bridgehead atoms. The molecule has 0 atom stereocenters. The van der Waals surface area contributed by atoms with Crippen molar-refractivity contribution in [2.24, 2.45) is 0 Å². The van der Waals surface area contributed by atoms with Crippen LogP contribution in [0.1, 0.15) is 37.8 Å². The Balaban J connectivity index is 0.000000190. The summed E-state index contributed by atoms with van der Waals surface area (Å²) in [6.45, 7) is 6.33. The lowest BCUT2D eigenvalue weighted by Crippen LogP contribution is -2.31. The van der Waals surface area contributed by atoms with Gasteiger partial charge in [-0.15, -0.1) is 0 Å². The Kier molecular flexibility index (Phi) is 19.2. The maximum atomic E-state index is 11.6. The summed E-state index contributed by atoms with van der Waals surface area (Å²) >= 11 is 5.67. The van der Waals surface area contributed by atoms with Gasteiger partial charge in [0, 0.05) is 49.7 Å². The molecule has 5 N–H and O–H groups in total. The summed E-state index contributed by atoms with van der Waals surface area (Å²) in [6.07, 6.45) is 13.0. The van der Waals surface area contributed by atoms with Gasteiger partial charge in [-0.05, 0) is 138 Å². The monoisotopic (exact) mass is 970 g/mol. The van der Waals surface area contributed by atoms with E-state index in [4.69, 9.17) is 36.3 Å². The molecule has 23 heteroatoms. The lowest BCUT2D eigenvalue weighted by atomic mass is 10.1. The molecule has 0 spiro atoms. The number of nitro benzene ring substituents is 1. The van der Waals surface area contributed by atoms with Crippen LogP contribution in [-0.2, 0) is 9.47 Å². The van der Waals surface area contributed by atoms with Gasteiger partial charge in [-0.3, -0.25) is 29.6 Å². The summed E-state index contributed by atoms with van der Waals surface area (Å²) in [4.78, 5) is 33.6. The van der Waals surface area contributed by atoms with Crippen molar-refractivity contribution in [3.05, 3.63) is 123 Å². The molecule has 0 aliphatic carbocycles. The molecule has 2 fully saturated rings. The van der Waals surface area contributed by atoms with E-state index in [1.165, 1.54) is 18.9 Å². The second-order valence-electron chi connectivity index (χ2n) is 16.3. The first-order valence-electron chi connectivity index (χ1n) is 22.3. The number of halogens is 1.